The summed E-state index contributed by atoms with van der Waals surface area (Å²) in [5.74, 6) is 0. The Morgan fingerprint density at radius 3 is 1.37 bits per heavy atom. The molecule has 1 aliphatic rings. The maximum Gasteiger partial charge on any atom is 0.0839 e. The summed E-state index contributed by atoms with van der Waals surface area (Å²) in [6.45, 7) is 4.48. The second-order valence-corrected chi connectivity index (χ2v) is 6.41. The van der Waals surface area contributed by atoms with Gasteiger partial charge in [-0.05, 0) is 13.3 Å². The van der Waals surface area contributed by atoms with Gasteiger partial charge in [0.05, 0.1) is 12.2 Å². The van der Waals surface area contributed by atoms with E-state index in [0.29, 0.717) is 12.2 Å². The van der Waals surface area contributed by atoms with E-state index in [2.05, 4.69) is 13.8 Å². The zero-order valence-corrected chi connectivity index (χ0v) is 13.5. The number of rotatable bonds is 14. The van der Waals surface area contributed by atoms with Gasteiger partial charge in [0.1, 0.15) is 0 Å². The van der Waals surface area contributed by atoms with E-state index in [1.54, 1.807) is 0 Å². The molecule has 0 N–H and O–H groups in total. The molecule has 2 atom stereocenters. The maximum absolute atomic E-state index is 5.42. The van der Waals surface area contributed by atoms with Crippen LogP contribution in [0.5, 0.6) is 0 Å². The Labute approximate surface area is 121 Å². The molecule has 1 nitrogen and oxygen atoms in total. The molecule has 0 bridgehead atoms. The van der Waals surface area contributed by atoms with Gasteiger partial charge in [-0.3, -0.25) is 0 Å². The normalized spacial score (nSPS) is 21.8. The van der Waals surface area contributed by atoms with Crippen LogP contribution in [0.4, 0.5) is 0 Å². The van der Waals surface area contributed by atoms with Crippen molar-refractivity contribution >= 4 is 0 Å². The number of hydrogen-bond donors (Lipinski definition) is 0. The Balaban J connectivity index is 1.63. The van der Waals surface area contributed by atoms with Crippen LogP contribution in [0, 0.1) is 0 Å². The van der Waals surface area contributed by atoms with Gasteiger partial charge in [0.2, 0.25) is 0 Å². The Morgan fingerprint density at radius 2 is 1.00 bits per heavy atom. The van der Waals surface area contributed by atoms with Gasteiger partial charge in [-0.25, -0.2) is 0 Å². The summed E-state index contributed by atoms with van der Waals surface area (Å²) >= 11 is 0. The first kappa shape index (κ1) is 17.0. The number of ether oxygens (including phenoxy) is 1. The van der Waals surface area contributed by atoms with Gasteiger partial charge in [0.15, 0.2) is 0 Å². The van der Waals surface area contributed by atoms with Gasteiger partial charge in [-0.2, -0.15) is 0 Å². The van der Waals surface area contributed by atoms with Crippen LogP contribution < -0.4 is 0 Å². The minimum absolute atomic E-state index is 0.567. The molecule has 0 saturated carbocycles. The van der Waals surface area contributed by atoms with E-state index in [1.807, 2.05) is 0 Å². The van der Waals surface area contributed by atoms with Crippen molar-refractivity contribution in [2.75, 3.05) is 0 Å². The zero-order valence-electron chi connectivity index (χ0n) is 13.5. The molecule has 0 spiro atoms. The summed E-state index contributed by atoms with van der Waals surface area (Å²) in [6.07, 6.45) is 21.3. The molecule has 0 aliphatic carbocycles. The van der Waals surface area contributed by atoms with Gasteiger partial charge >= 0.3 is 0 Å². The van der Waals surface area contributed by atoms with E-state index in [-0.39, 0.29) is 0 Å². The SMILES string of the molecule is CCCCCCCCCCCCCCCC1OC1C. The minimum Gasteiger partial charge on any atom is -0.370 e. The topological polar surface area (TPSA) is 12.5 Å². The predicted molar refractivity (Wildman–Crippen MR) is 84.6 cm³/mol. The Kier molecular flexibility index (Phi) is 10.5. The summed E-state index contributed by atoms with van der Waals surface area (Å²) in [7, 11) is 0. The lowest BCUT2D eigenvalue weighted by molar-refractivity contribution is 0.364. The van der Waals surface area contributed by atoms with E-state index in [9.17, 15) is 0 Å². The lowest BCUT2D eigenvalue weighted by Gasteiger charge is -2.02. The Hall–Kier alpha value is -0.0400. The molecule has 1 heteroatoms. The lowest BCUT2D eigenvalue weighted by Crippen LogP contribution is -1.89. The third kappa shape index (κ3) is 10.4. The zero-order chi connectivity index (χ0) is 13.8. The van der Waals surface area contributed by atoms with Crippen molar-refractivity contribution in [3.05, 3.63) is 0 Å². The third-order valence-electron chi connectivity index (χ3n) is 4.43. The van der Waals surface area contributed by atoms with E-state index < -0.39 is 0 Å². The maximum atomic E-state index is 5.42. The van der Waals surface area contributed by atoms with Crippen molar-refractivity contribution < 1.29 is 4.74 Å². The smallest absolute Gasteiger partial charge is 0.0839 e. The number of unbranched alkanes of at least 4 members (excludes halogenated alkanes) is 12. The fourth-order valence-corrected chi connectivity index (χ4v) is 2.90. The van der Waals surface area contributed by atoms with Crippen molar-refractivity contribution in [3.63, 3.8) is 0 Å². The molecule has 0 aromatic carbocycles. The fraction of sp³-hybridized carbons (Fsp3) is 1.00. The molecule has 114 valence electrons. The first-order chi connectivity index (χ1) is 9.34. The van der Waals surface area contributed by atoms with Crippen molar-refractivity contribution in [2.45, 2.75) is 116 Å². The quantitative estimate of drug-likeness (QED) is 0.268. The molecule has 1 heterocycles. The van der Waals surface area contributed by atoms with Gasteiger partial charge in [-0.1, -0.05) is 90.4 Å². The van der Waals surface area contributed by atoms with E-state index in [4.69, 9.17) is 4.74 Å². The monoisotopic (exact) mass is 268 g/mol. The van der Waals surface area contributed by atoms with Crippen LogP contribution in [0.1, 0.15) is 104 Å². The lowest BCUT2D eigenvalue weighted by atomic mass is 10.0. The van der Waals surface area contributed by atoms with Crippen LogP contribution in [-0.2, 0) is 4.74 Å². The van der Waals surface area contributed by atoms with E-state index in [1.165, 1.54) is 89.9 Å². The van der Waals surface area contributed by atoms with Gasteiger partial charge in [0.25, 0.3) is 0 Å². The molecule has 0 aromatic heterocycles. The predicted octanol–water partition coefficient (Wildman–Crippen LogP) is 6.26. The third-order valence-corrected chi connectivity index (χ3v) is 4.43. The molecule has 0 radical (unpaired) electrons. The first-order valence-electron chi connectivity index (χ1n) is 9.00. The molecule has 19 heavy (non-hydrogen) atoms. The van der Waals surface area contributed by atoms with Gasteiger partial charge < -0.3 is 4.74 Å². The van der Waals surface area contributed by atoms with Crippen LogP contribution in [0.25, 0.3) is 0 Å². The minimum atomic E-state index is 0.567. The largest absolute Gasteiger partial charge is 0.370 e. The summed E-state index contributed by atoms with van der Waals surface area (Å²) in [4.78, 5) is 0. The fourth-order valence-electron chi connectivity index (χ4n) is 2.90. The molecule has 1 rings (SSSR count). The van der Waals surface area contributed by atoms with Crippen LogP contribution in [0.3, 0.4) is 0 Å². The highest BCUT2D eigenvalue weighted by atomic mass is 16.6. The second kappa shape index (κ2) is 11.8. The molecule has 0 aromatic rings. The van der Waals surface area contributed by atoms with Crippen molar-refractivity contribution in [2.24, 2.45) is 0 Å². The summed E-state index contributed by atoms with van der Waals surface area (Å²) < 4.78 is 5.42. The summed E-state index contributed by atoms with van der Waals surface area (Å²) in [5.41, 5.74) is 0. The highest BCUT2D eigenvalue weighted by Crippen LogP contribution is 2.26. The highest BCUT2D eigenvalue weighted by molar-refractivity contribution is 4.79. The standard InChI is InChI=1S/C18H36O/c1-3-4-5-6-7-8-9-10-11-12-13-14-15-16-18-17(2)19-18/h17-18H,3-16H2,1-2H3. The van der Waals surface area contributed by atoms with Crippen molar-refractivity contribution in [1.29, 1.82) is 0 Å². The Bertz CT molecular complexity index is 190. The molecular weight excluding hydrogens is 232 g/mol. The average molecular weight is 268 g/mol. The number of epoxide rings is 1. The van der Waals surface area contributed by atoms with Crippen LogP contribution >= 0.6 is 0 Å². The van der Waals surface area contributed by atoms with Gasteiger partial charge in [-0.15, -0.1) is 0 Å². The highest BCUT2D eigenvalue weighted by Gasteiger charge is 2.32. The summed E-state index contributed by atoms with van der Waals surface area (Å²) in [6, 6.07) is 0. The number of hydrogen-bond acceptors (Lipinski definition) is 1. The second-order valence-electron chi connectivity index (χ2n) is 6.41. The molecule has 1 aliphatic heterocycles. The first-order valence-corrected chi connectivity index (χ1v) is 9.00. The Morgan fingerprint density at radius 1 is 0.632 bits per heavy atom. The molecule has 1 saturated heterocycles. The van der Waals surface area contributed by atoms with Crippen LogP contribution in [-0.4, -0.2) is 12.2 Å². The van der Waals surface area contributed by atoms with E-state index in [0.717, 1.165) is 0 Å². The average Bonchev–Trinajstić information content (AvgIpc) is 3.11. The molecule has 1 fully saturated rings. The van der Waals surface area contributed by atoms with Crippen LogP contribution in [0.15, 0.2) is 0 Å². The molecule has 2 unspecified atom stereocenters. The van der Waals surface area contributed by atoms with Gasteiger partial charge in [0, 0.05) is 0 Å². The molecular formula is C18H36O. The van der Waals surface area contributed by atoms with Crippen molar-refractivity contribution in [1.82, 2.24) is 0 Å². The van der Waals surface area contributed by atoms with Crippen LogP contribution in [0.2, 0.25) is 0 Å². The van der Waals surface area contributed by atoms with E-state index >= 15 is 0 Å². The molecule has 0 amide bonds. The van der Waals surface area contributed by atoms with Crippen molar-refractivity contribution in [3.8, 4) is 0 Å². The summed E-state index contributed by atoms with van der Waals surface area (Å²) in [5, 5.41) is 0.